The van der Waals surface area contributed by atoms with Crippen molar-refractivity contribution in [1.29, 1.82) is 0 Å². The first-order chi connectivity index (χ1) is 13.1. The number of Topliss-reactive ketones (excluding diaryl/α,β-unsaturated/α-hetero) is 1. The van der Waals surface area contributed by atoms with E-state index < -0.39 is 5.60 Å². The summed E-state index contributed by atoms with van der Waals surface area (Å²) in [5.41, 5.74) is 1.79. The Morgan fingerprint density at radius 3 is 2.52 bits per heavy atom. The lowest BCUT2D eigenvalue weighted by Crippen LogP contribution is -2.43. The summed E-state index contributed by atoms with van der Waals surface area (Å²) in [5.74, 6) is -0.506. The van der Waals surface area contributed by atoms with Crippen LogP contribution in [0.4, 0.5) is 4.39 Å². The Hall–Kier alpha value is -2.53. The minimum atomic E-state index is -0.478. The fourth-order valence-corrected chi connectivity index (χ4v) is 4.10. The maximum absolute atomic E-state index is 12.9. The SMILES string of the molecule is O=C(CCCN1CCC2(CC1)OC(=O)c1ccccc12)c1ccc(F)cc1. The monoisotopic (exact) mass is 367 g/mol. The maximum atomic E-state index is 12.9. The van der Waals surface area contributed by atoms with Crippen LogP contribution in [-0.4, -0.2) is 36.3 Å². The van der Waals surface area contributed by atoms with Gasteiger partial charge in [0.1, 0.15) is 11.4 Å². The second kappa shape index (κ2) is 7.24. The molecule has 140 valence electrons. The van der Waals surface area contributed by atoms with Crippen molar-refractivity contribution in [2.24, 2.45) is 0 Å². The van der Waals surface area contributed by atoms with Gasteiger partial charge in [0, 0.05) is 43.5 Å². The van der Waals surface area contributed by atoms with Gasteiger partial charge in [-0.05, 0) is 43.3 Å². The molecular weight excluding hydrogens is 345 g/mol. The summed E-state index contributed by atoms with van der Waals surface area (Å²) in [4.78, 5) is 26.6. The molecular formula is C22H22FNO3. The summed E-state index contributed by atoms with van der Waals surface area (Å²) in [6, 6.07) is 13.4. The van der Waals surface area contributed by atoms with Gasteiger partial charge in [-0.2, -0.15) is 0 Å². The average Bonchev–Trinajstić information content (AvgIpc) is 2.96. The number of halogens is 1. The van der Waals surface area contributed by atoms with Gasteiger partial charge in [-0.3, -0.25) is 4.79 Å². The fraction of sp³-hybridized carbons (Fsp3) is 0.364. The Kier molecular flexibility index (Phi) is 4.79. The van der Waals surface area contributed by atoms with E-state index in [1.165, 1.54) is 24.3 Å². The largest absolute Gasteiger partial charge is 0.450 e. The number of hydrogen-bond donors (Lipinski definition) is 0. The van der Waals surface area contributed by atoms with Crippen LogP contribution in [-0.2, 0) is 10.3 Å². The second-order valence-electron chi connectivity index (χ2n) is 7.30. The van der Waals surface area contributed by atoms with Gasteiger partial charge in [0.05, 0.1) is 5.56 Å². The van der Waals surface area contributed by atoms with E-state index in [0.717, 1.165) is 44.5 Å². The predicted molar refractivity (Wildman–Crippen MR) is 99.2 cm³/mol. The number of hydrogen-bond acceptors (Lipinski definition) is 4. The van der Waals surface area contributed by atoms with E-state index in [9.17, 15) is 14.0 Å². The van der Waals surface area contributed by atoms with Crippen LogP contribution in [0.25, 0.3) is 0 Å². The van der Waals surface area contributed by atoms with E-state index >= 15 is 0 Å². The number of esters is 1. The molecule has 2 aromatic carbocycles. The Labute approximate surface area is 157 Å². The zero-order valence-electron chi connectivity index (χ0n) is 15.1. The smallest absolute Gasteiger partial charge is 0.339 e. The Morgan fingerprint density at radius 1 is 1.07 bits per heavy atom. The van der Waals surface area contributed by atoms with Gasteiger partial charge in [-0.25, -0.2) is 9.18 Å². The van der Waals surface area contributed by atoms with E-state index in [4.69, 9.17) is 4.74 Å². The van der Waals surface area contributed by atoms with Crippen molar-refractivity contribution in [3.8, 4) is 0 Å². The van der Waals surface area contributed by atoms with Gasteiger partial charge < -0.3 is 9.64 Å². The third-order valence-electron chi connectivity index (χ3n) is 5.63. The van der Waals surface area contributed by atoms with E-state index in [1.54, 1.807) is 0 Å². The molecule has 1 saturated heterocycles. The van der Waals surface area contributed by atoms with Gasteiger partial charge in [-0.15, -0.1) is 0 Å². The summed E-state index contributed by atoms with van der Waals surface area (Å²) >= 11 is 0. The Bertz CT molecular complexity index is 854. The minimum absolute atomic E-state index is 0.0436. The predicted octanol–water partition coefficient (Wildman–Crippen LogP) is 3.95. The number of nitrogens with zero attached hydrogens (tertiary/aromatic N) is 1. The summed E-state index contributed by atoms with van der Waals surface area (Å²) in [5, 5.41) is 0. The highest BCUT2D eigenvalue weighted by Crippen LogP contribution is 2.43. The molecule has 2 heterocycles. The molecule has 0 aromatic heterocycles. The van der Waals surface area contributed by atoms with Gasteiger partial charge >= 0.3 is 5.97 Å². The van der Waals surface area contributed by atoms with Crippen LogP contribution in [0.2, 0.25) is 0 Å². The van der Waals surface area contributed by atoms with Crippen molar-refractivity contribution >= 4 is 11.8 Å². The molecule has 2 aliphatic rings. The lowest BCUT2D eigenvalue weighted by Gasteiger charge is -2.38. The van der Waals surface area contributed by atoms with Crippen molar-refractivity contribution in [3.05, 3.63) is 71.0 Å². The third-order valence-corrected chi connectivity index (χ3v) is 5.63. The standard InChI is InChI=1S/C22H22FNO3/c23-17-9-7-16(8-10-17)20(25)6-3-13-24-14-11-22(12-15-24)19-5-2-1-4-18(19)21(26)27-22/h1-2,4-5,7-10H,3,6,11-15H2. The highest BCUT2D eigenvalue weighted by atomic mass is 19.1. The van der Waals surface area contributed by atoms with Crippen molar-refractivity contribution in [2.45, 2.75) is 31.3 Å². The number of likely N-dealkylation sites (tertiary alicyclic amines) is 1. The summed E-state index contributed by atoms with van der Waals surface area (Å²) in [6.07, 6.45) is 2.77. The molecule has 1 fully saturated rings. The Morgan fingerprint density at radius 2 is 1.78 bits per heavy atom. The number of ketones is 1. The molecule has 0 N–H and O–H groups in total. The van der Waals surface area contributed by atoms with Crippen LogP contribution < -0.4 is 0 Å². The molecule has 2 aliphatic heterocycles. The Balaban J connectivity index is 1.29. The lowest BCUT2D eigenvalue weighted by molar-refractivity contribution is -0.0429. The number of carbonyl (C=O) groups is 2. The molecule has 0 atom stereocenters. The highest BCUT2D eigenvalue weighted by Gasteiger charge is 2.46. The zero-order valence-corrected chi connectivity index (χ0v) is 15.1. The van der Waals surface area contributed by atoms with Crippen LogP contribution in [0.5, 0.6) is 0 Å². The van der Waals surface area contributed by atoms with E-state index in [2.05, 4.69) is 4.90 Å². The van der Waals surface area contributed by atoms with E-state index in [0.29, 0.717) is 17.5 Å². The van der Waals surface area contributed by atoms with Crippen molar-refractivity contribution in [2.75, 3.05) is 19.6 Å². The highest BCUT2D eigenvalue weighted by molar-refractivity contribution is 5.96. The van der Waals surface area contributed by atoms with E-state index in [-0.39, 0.29) is 17.6 Å². The topological polar surface area (TPSA) is 46.6 Å². The molecule has 0 amide bonds. The van der Waals surface area contributed by atoms with Gasteiger partial charge in [-0.1, -0.05) is 18.2 Å². The van der Waals surface area contributed by atoms with Gasteiger partial charge in [0.25, 0.3) is 0 Å². The molecule has 0 radical (unpaired) electrons. The summed E-state index contributed by atoms with van der Waals surface area (Å²) < 4.78 is 18.7. The third kappa shape index (κ3) is 3.52. The van der Waals surface area contributed by atoms with Crippen molar-refractivity contribution < 1.29 is 18.7 Å². The molecule has 0 aliphatic carbocycles. The minimum Gasteiger partial charge on any atom is -0.450 e. The van der Waals surface area contributed by atoms with Crippen LogP contribution in [0, 0.1) is 5.82 Å². The normalized spacial score (nSPS) is 18.3. The molecule has 0 unspecified atom stereocenters. The molecule has 5 heteroatoms. The maximum Gasteiger partial charge on any atom is 0.339 e. The quantitative estimate of drug-likeness (QED) is 0.593. The number of ether oxygens (including phenoxy) is 1. The molecule has 0 bridgehead atoms. The van der Waals surface area contributed by atoms with Gasteiger partial charge in [0.15, 0.2) is 5.78 Å². The van der Waals surface area contributed by atoms with Crippen molar-refractivity contribution in [1.82, 2.24) is 4.90 Å². The lowest BCUT2D eigenvalue weighted by atomic mass is 9.84. The fourth-order valence-electron chi connectivity index (χ4n) is 4.10. The zero-order chi connectivity index (χ0) is 18.9. The molecule has 2 aromatic rings. The summed E-state index contributed by atoms with van der Waals surface area (Å²) in [6.45, 7) is 2.51. The van der Waals surface area contributed by atoms with Gasteiger partial charge in [0.2, 0.25) is 0 Å². The first-order valence-corrected chi connectivity index (χ1v) is 9.41. The number of benzene rings is 2. The van der Waals surface area contributed by atoms with Crippen LogP contribution in [0.1, 0.15) is 52.0 Å². The van der Waals surface area contributed by atoms with Crippen molar-refractivity contribution in [3.63, 3.8) is 0 Å². The first kappa shape index (κ1) is 17.9. The molecule has 4 rings (SSSR count). The number of carbonyl (C=O) groups excluding carboxylic acids is 2. The average molecular weight is 367 g/mol. The molecule has 0 saturated carbocycles. The van der Waals surface area contributed by atoms with Crippen LogP contribution >= 0.6 is 0 Å². The molecule has 1 spiro atoms. The van der Waals surface area contributed by atoms with Crippen LogP contribution in [0.15, 0.2) is 48.5 Å². The molecule has 27 heavy (non-hydrogen) atoms. The second-order valence-corrected chi connectivity index (χ2v) is 7.30. The van der Waals surface area contributed by atoms with Crippen LogP contribution in [0.3, 0.4) is 0 Å². The number of fused-ring (bicyclic) bond motifs is 2. The first-order valence-electron chi connectivity index (χ1n) is 9.41. The summed E-state index contributed by atoms with van der Waals surface area (Å²) in [7, 11) is 0. The number of rotatable bonds is 5. The molecule has 4 nitrogen and oxygen atoms in total. The van der Waals surface area contributed by atoms with E-state index in [1.807, 2.05) is 24.3 Å². The number of piperidine rings is 1.